The summed E-state index contributed by atoms with van der Waals surface area (Å²) in [5.74, 6) is -0.00556. The minimum atomic E-state index is -3.71. The second-order valence-corrected chi connectivity index (χ2v) is 8.57. The van der Waals surface area contributed by atoms with Gasteiger partial charge in [-0.3, -0.25) is 0 Å². The summed E-state index contributed by atoms with van der Waals surface area (Å²) in [7, 11) is -3.71. The Morgan fingerprint density at radius 2 is 2.24 bits per heavy atom. The van der Waals surface area contributed by atoms with Crippen LogP contribution in [0.2, 0.25) is 5.02 Å². The van der Waals surface area contributed by atoms with Gasteiger partial charge in [0, 0.05) is 30.6 Å². The second kappa shape index (κ2) is 6.83. The number of halogens is 2. The molecule has 1 fully saturated rings. The van der Waals surface area contributed by atoms with Gasteiger partial charge in [0.05, 0.1) is 9.92 Å². The van der Waals surface area contributed by atoms with Crippen molar-refractivity contribution in [2.75, 3.05) is 18.8 Å². The van der Waals surface area contributed by atoms with E-state index in [1.165, 1.54) is 10.4 Å². The third kappa shape index (κ3) is 3.53. The van der Waals surface area contributed by atoms with E-state index in [4.69, 9.17) is 17.3 Å². The van der Waals surface area contributed by atoms with Crippen molar-refractivity contribution in [1.29, 1.82) is 0 Å². The molecule has 2 N–H and O–H groups in total. The molecular formula is C13H18ClFN2O2S2. The normalized spacial score (nSPS) is 20.7. The van der Waals surface area contributed by atoms with Gasteiger partial charge in [-0.2, -0.15) is 16.1 Å². The van der Waals surface area contributed by atoms with Gasteiger partial charge in [-0.05, 0) is 24.1 Å². The van der Waals surface area contributed by atoms with E-state index in [-0.39, 0.29) is 21.7 Å². The number of rotatable bonds is 4. The van der Waals surface area contributed by atoms with E-state index in [9.17, 15) is 12.8 Å². The van der Waals surface area contributed by atoms with E-state index in [2.05, 4.69) is 0 Å². The molecule has 0 saturated carbocycles. The van der Waals surface area contributed by atoms with Crippen molar-refractivity contribution in [2.45, 2.75) is 30.0 Å². The van der Waals surface area contributed by atoms with Gasteiger partial charge in [-0.1, -0.05) is 18.5 Å². The molecule has 8 heteroatoms. The highest BCUT2D eigenvalue weighted by Crippen LogP contribution is 2.29. The van der Waals surface area contributed by atoms with Gasteiger partial charge < -0.3 is 5.73 Å². The maximum absolute atomic E-state index is 13.8. The maximum atomic E-state index is 13.8. The quantitative estimate of drug-likeness (QED) is 0.904. The Bertz CT molecular complexity index is 625. The van der Waals surface area contributed by atoms with Crippen molar-refractivity contribution in [3.8, 4) is 0 Å². The highest BCUT2D eigenvalue weighted by molar-refractivity contribution is 8.00. The van der Waals surface area contributed by atoms with Crippen LogP contribution in [0.5, 0.6) is 0 Å². The fourth-order valence-corrected chi connectivity index (χ4v) is 5.35. The average Bonchev–Trinajstić information content (AvgIpc) is 2.49. The van der Waals surface area contributed by atoms with Crippen LogP contribution in [0.1, 0.15) is 18.9 Å². The summed E-state index contributed by atoms with van der Waals surface area (Å²) in [6, 6.07) is 2.34. The zero-order valence-corrected chi connectivity index (χ0v) is 14.1. The highest BCUT2D eigenvalue weighted by atomic mass is 35.5. The van der Waals surface area contributed by atoms with Crippen molar-refractivity contribution < 1.29 is 12.8 Å². The Balaban J connectivity index is 2.37. The van der Waals surface area contributed by atoms with Gasteiger partial charge in [-0.15, -0.1) is 0 Å². The zero-order chi connectivity index (χ0) is 15.6. The topological polar surface area (TPSA) is 63.4 Å². The smallest absolute Gasteiger partial charge is 0.243 e. The fourth-order valence-electron chi connectivity index (χ4n) is 2.22. The number of hydrogen-bond acceptors (Lipinski definition) is 4. The van der Waals surface area contributed by atoms with Crippen LogP contribution < -0.4 is 5.73 Å². The fraction of sp³-hybridized carbons (Fsp3) is 0.538. The largest absolute Gasteiger partial charge is 0.326 e. The van der Waals surface area contributed by atoms with Crippen LogP contribution >= 0.6 is 23.4 Å². The van der Waals surface area contributed by atoms with Gasteiger partial charge in [0.25, 0.3) is 0 Å². The lowest BCUT2D eigenvalue weighted by molar-refractivity contribution is 0.415. The van der Waals surface area contributed by atoms with Crippen LogP contribution in [0.4, 0.5) is 4.39 Å². The van der Waals surface area contributed by atoms with E-state index in [1.807, 2.05) is 6.92 Å². The standard InChI is InChI=1S/C13H18ClFN2O2S2/c1-2-10-8-17(3-4-20-10)21(18,19)11-5-9(7-16)13(14)12(15)6-11/h5-6,10H,2-4,7-8,16H2,1H3. The van der Waals surface area contributed by atoms with Gasteiger partial charge >= 0.3 is 0 Å². The first kappa shape index (κ1) is 17.0. The van der Waals surface area contributed by atoms with Gasteiger partial charge in [-0.25, -0.2) is 12.8 Å². The number of sulfonamides is 1. The predicted octanol–water partition coefficient (Wildman–Crippen LogP) is 2.45. The maximum Gasteiger partial charge on any atom is 0.243 e. The SMILES string of the molecule is CCC1CN(S(=O)(=O)c2cc(F)c(Cl)c(CN)c2)CCS1. The van der Waals surface area contributed by atoms with Crippen LogP contribution in [0.25, 0.3) is 0 Å². The molecule has 118 valence electrons. The van der Waals surface area contributed by atoms with E-state index in [0.29, 0.717) is 18.7 Å². The van der Waals surface area contributed by atoms with Crippen molar-refractivity contribution in [3.63, 3.8) is 0 Å². The highest BCUT2D eigenvalue weighted by Gasteiger charge is 2.30. The van der Waals surface area contributed by atoms with Crippen molar-refractivity contribution >= 4 is 33.4 Å². The lowest BCUT2D eigenvalue weighted by Crippen LogP contribution is -2.41. The summed E-state index contributed by atoms with van der Waals surface area (Å²) in [5, 5.41) is 0.164. The van der Waals surface area contributed by atoms with Crippen LogP contribution in [-0.2, 0) is 16.6 Å². The molecule has 0 bridgehead atoms. The Morgan fingerprint density at radius 1 is 1.52 bits per heavy atom. The molecule has 4 nitrogen and oxygen atoms in total. The molecule has 1 aromatic rings. The van der Waals surface area contributed by atoms with E-state index in [0.717, 1.165) is 18.2 Å². The summed E-state index contributed by atoms with van der Waals surface area (Å²) < 4.78 is 40.5. The molecule has 1 aromatic carbocycles. The van der Waals surface area contributed by atoms with Crippen LogP contribution in [0, 0.1) is 5.82 Å². The molecule has 0 aliphatic carbocycles. The first-order valence-electron chi connectivity index (χ1n) is 6.69. The molecule has 1 saturated heterocycles. The third-order valence-electron chi connectivity index (χ3n) is 3.49. The van der Waals surface area contributed by atoms with Crippen molar-refractivity contribution in [2.24, 2.45) is 5.73 Å². The monoisotopic (exact) mass is 352 g/mol. The number of hydrogen-bond donors (Lipinski definition) is 1. The van der Waals surface area contributed by atoms with Crippen LogP contribution in [0.15, 0.2) is 17.0 Å². The average molecular weight is 353 g/mol. The first-order chi connectivity index (χ1) is 9.90. The van der Waals surface area contributed by atoms with Crippen molar-refractivity contribution in [1.82, 2.24) is 4.31 Å². The van der Waals surface area contributed by atoms with Crippen molar-refractivity contribution in [3.05, 3.63) is 28.5 Å². The summed E-state index contributed by atoms with van der Waals surface area (Å²) >= 11 is 7.55. The Hall–Kier alpha value is -0.340. The molecule has 0 spiro atoms. The molecule has 0 amide bonds. The third-order valence-corrected chi connectivity index (χ3v) is 7.13. The Kier molecular flexibility index (Phi) is 5.54. The predicted molar refractivity (Wildman–Crippen MR) is 84.6 cm³/mol. The summed E-state index contributed by atoms with van der Waals surface area (Å²) in [6.07, 6.45) is 0.902. The molecule has 1 aliphatic heterocycles. The van der Waals surface area contributed by atoms with Crippen LogP contribution in [-0.4, -0.2) is 36.8 Å². The molecule has 1 aliphatic rings. The molecule has 0 aromatic heterocycles. The number of nitrogens with two attached hydrogens (primary N) is 1. The van der Waals surface area contributed by atoms with E-state index < -0.39 is 15.8 Å². The lowest BCUT2D eigenvalue weighted by atomic mass is 10.2. The molecule has 0 radical (unpaired) electrons. The zero-order valence-electron chi connectivity index (χ0n) is 11.7. The summed E-state index contributed by atoms with van der Waals surface area (Å²) in [5.41, 5.74) is 5.79. The Labute approximate surface area is 133 Å². The summed E-state index contributed by atoms with van der Waals surface area (Å²) in [6.45, 7) is 2.91. The van der Waals surface area contributed by atoms with E-state index >= 15 is 0 Å². The molecule has 1 unspecified atom stereocenters. The van der Waals surface area contributed by atoms with Gasteiger partial charge in [0.15, 0.2) is 0 Å². The number of thioether (sulfide) groups is 1. The second-order valence-electron chi connectivity index (χ2n) is 4.85. The molecule has 2 rings (SSSR count). The lowest BCUT2D eigenvalue weighted by Gasteiger charge is -2.31. The molecule has 1 heterocycles. The molecular weight excluding hydrogens is 335 g/mol. The molecule has 21 heavy (non-hydrogen) atoms. The molecule has 1 atom stereocenters. The minimum Gasteiger partial charge on any atom is -0.326 e. The number of benzene rings is 1. The van der Waals surface area contributed by atoms with Gasteiger partial charge in [0.2, 0.25) is 10.0 Å². The summed E-state index contributed by atoms with van der Waals surface area (Å²) in [4.78, 5) is -0.0772. The minimum absolute atomic E-state index is 0.00739. The van der Waals surface area contributed by atoms with Crippen LogP contribution in [0.3, 0.4) is 0 Å². The first-order valence-corrected chi connectivity index (χ1v) is 9.56. The van der Waals surface area contributed by atoms with Gasteiger partial charge in [0.1, 0.15) is 5.82 Å². The Morgan fingerprint density at radius 3 is 2.86 bits per heavy atom. The van der Waals surface area contributed by atoms with E-state index in [1.54, 1.807) is 11.8 Å². The number of nitrogens with zero attached hydrogens (tertiary/aromatic N) is 1.